The molecular weight excluding hydrogens is 1180 g/mol. The molecule has 0 aromatic carbocycles. The van der Waals surface area contributed by atoms with E-state index in [2.05, 4.69) is 43.5 Å². The zero-order valence-corrected chi connectivity index (χ0v) is 57.5. The second kappa shape index (κ2) is 55.2. The second-order valence-electron chi connectivity index (χ2n) is 27.1. The minimum absolute atomic E-state index is 0.237. The van der Waals surface area contributed by atoms with Crippen molar-refractivity contribution in [2.75, 3.05) is 26.4 Å². The van der Waals surface area contributed by atoms with Gasteiger partial charge in [0.1, 0.15) is 73.2 Å². The summed E-state index contributed by atoms with van der Waals surface area (Å²) in [6.45, 7) is 1.82. The van der Waals surface area contributed by atoms with Crippen molar-refractivity contribution in [1.82, 2.24) is 5.32 Å². The molecule has 3 aliphatic heterocycles. The van der Waals surface area contributed by atoms with E-state index in [1.807, 2.05) is 0 Å². The summed E-state index contributed by atoms with van der Waals surface area (Å²) in [5.41, 5.74) is 0. The molecule has 3 rings (SSSR count). The van der Waals surface area contributed by atoms with Gasteiger partial charge in [-0.15, -0.1) is 0 Å². The van der Waals surface area contributed by atoms with Crippen molar-refractivity contribution in [2.24, 2.45) is 0 Å². The lowest BCUT2D eigenvalue weighted by Crippen LogP contribution is -2.66. The first-order valence-electron chi connectivity index (χ1n) is 37.6. The minimum atomic E-state index is -1.97. The van der Waals surface area contributed by atoms with Gasteiger partial charge in [0.05, 0.1) is 38.6 Å². The molecule has 3 heterocycles. The summed E-state index contributed by atoms with van der Waals surface area (Å²) in [6, 6.07) is -0.885. The number of ether oxygens (including phenoxy) is 6. The topological polar surface area (TPSA) is 307 Å². The van der Waals surface area contributed by atoms with Gasteiger partial charge in [-0.25, -0.2) is 0 Å². The monoisotopic (exact) mass is 1320 g/mol. The van der Waals surface area contributed by atoms with Crippen LogP contribution in [0.3, 0.4) is 0 Å². The largest absolute Gasteiger partial charge is 0.394 e. The van der Waals surface area contributed by atoms with Crippen molar-refractivity contribution in [3.05, 3.63) is 24.3 Å². The molecule has 0 aromatic rings. The zero-order chi connectivity index (χ0) is 66.8. The lowest BCUT2D eigenvalue weighted by molar-refractivity contribution is -0.379. The highest BCUT2D eigenvalue weighted by atomic mass is 16.8. The number of hydrogen-bond donors (Lipinski definition) is 12. The van der Waals surface area contributed by atoms with Crippen LogP contribution in [0, 0.1) is 0 Å². The number of carbonyl (C=O) groups excluding carboxylic acids is 1. The molecule has 0 aliphatic carbocycles. The normalized spacial score (nSPS) is 27.8. The van der Waals surface area contributed by atoms with Crippen LogP contribution < -0.4 is 5.32 Å². The summed E-state index contributed by atoms with van der Waals surface area (Å²) < 4.78 is 34.5. The van der Waals surface area contributed by atoms with E-state index in [0.717, 1.165) is 51.4 Å². The van der Waals surface area contributed by atoms with Crippen LogP contribution in [0.1, 0.15) is 303 Å². The Balaban J connectivity index is 1.36. The molecule has 0 saturated carbocycles. The Bertz CT molecular complexity index is 1760. The van der Waals surface area contributed by atoms with Gasteiger partial charge in [-0.2, -0.15) is 0 Å². The van der Waals surface area contributed by atoms with Crippen molar-refractivity contribution in [3.8, 4) is 0 Å². The molecule has 19 heteroatoms. The Morgan fingerprint density at radius 2 is 0.717 bits per heavy atom. The number of allylic oxidation sites excluding steroid dienone is 4. The van der Waals surface area contributed by atoms with Crippen LogP contribution in [0.5, 0.6) is 0 Å². The molecule has 0 bridgehead atoms. The van der Waals surface area contributed by atoms with Gasteiger partial charge >= 0.3 is 0 Å². The summed E-state index contributed by atoms with van der Waals surface area (Å²) in [5.74, 6) is -0.237. The minimum Gasteiger partial charge on any atom is -0.394 e. The van der Waals surface area contributed by atoms with Gasteiger partial charge in [0.15, 0.2) is 18.9 Å². The van der Waals surface area contributed by atoms with Crippen molar-refractivity contribution in [2.45, 2.75) is 407 Å². The van der Waals surface area contributed by atoms with Crippen molar-refractivity contribution in [1.29, 1.82) is 0 Å². The number of amides is 1. The van der Waals surface area contributed by atoms with E-state index in [4.69, 9.17) is 28.4 Å². The molecule has 0 aromatic heterocycles. The summed E-state index contributed by atoms with van der Waals surface area (Å²) in [7, 11) is 0. The molecular formula is C73H137NO18. The smallest absolute Gasteiger partial charge is 0.220 e. The van der Waals surface area contributed by atoms with E-state index < -0.39 is 124 Å². The predicted molar refractivity (Wildman–Crippen MR) is 360 cm³/mol. The molecule has 3 fully saturated rings. The standard InChI is InChI=1S/C73H137NO18/c1-3-5-7-9-11-13-15-17-19-21-22-23-24-25-26-27-28-29-30-31-32-33-34-35-37-39-41-43-45-47-49-51-61(79)74-56(57(78)50-48-46-44-42-40-38-36-20-18-16-14-12-10-8-6-4-2)55-87-71-67(85)64(82)69(59(53-76)89-71)92-73-68(86)65(83)70(60(54-77)90-73)91-72-66(84)63(81)62(80)58(52-75)88-72/h15,17,21-22,56-60,62-73,75-78,80-86H,3-14,16,18-20,23-55H2,1-2H3,(H,74,79)/b17-15-,22-21-. The third kappa shape index (κ3) is 36.2. The Hall–Kier alpha value is -1.73. The average molecular weight is 1320 g/mol. The first-order chi connectivity index (χ1) is 44.8. The van der Waals surface area contributed by atoms with E-state index >= 15 is 0 Å². The summed E-state index contributed by atoms with van der Waals surface area (Å²) in [4.78, 5) is 13.5. The van der Waals surface area contributed by atoms with Crippen molar-refractivity contribution < 1.29 is 89.4 Å². The van der Waals surface area contributed by atoms with E-state index in [0.29, 0.717) is 12.8 Å². The summed E-state index contributed by atoms with van der Waals surface area (Å²) >= 11 is 0. The van der Waals surface area contributed by atoms with Gasteiger partial charge in [-0.3, -0.25) is 4.79 Å². The highest BCUT2D eigenvalue weighted by molar-refractivity contribution is 5.76. The SMILES string of the molecule is CCCCCCC/C=C\C/C=C\CCCCCCCCCCCCCCCCCCCCCC(=O)NC(COC1OC(CO)C(OC2OC(CO)C(OC3OC(CO)C(O)C(O)C3O)C(O)C2O)C(O)C1O)C(O)CCCCCCCCCCCCCCCCCC. The maximum Gasteiger partial charge on any atom is 0.220 e. The molecule has 0 radical (unpaired) electrons. The lowest BCUT2D eigenvalue weighted by atomic mass is 9.96. The number of aliphatic hydroxyl groups excluding tert-OH is 11. The highest BCUT2D eigenvalue weighted by Gasteiger charge is 2.53. The molecule has 3 saturated heterocycles. The number of aliphatic hydroxyl groups is 11. The lowest BCUT2D eigenvalue weighted by Gasteiger charge is -2.48. The molecule has 542 valence electrons. The van der Waals surface area contributed by atoms with Gasteiger partial charge < -0.3 is 89.9 Å². The van der Waals surface area contributed by atoms with E-state index in [9.17, 15) is 61.0 Å². The number of rotatable bonds is 59. The Labute approximate surface area is 556 Å². The number of carbonyl (C=O) groups is 1. The van der Waals surface area contributed by atoms with Gasteiger partial charge in [0.2, 0.25) is 5.91 Å². The van der Waals surface area contributed by atoms with Crippen LogP contribution in [0.25, 0.3) is 0 Å². The first-order valence-corrected chi connectivity index (χ1v) is 37.6. The molecule has 17 unspecified atom stereocenters. The average Bonchev–Trinajstić information content (AvgIpc) is 0.834. The Morgan fingerprint density at radius 1 is 0.391 bits per heavy atom. The van der Waals surface area contributed by atoms with Gasteiger partial charge in [0, 0.05) is 6.42 Å². The first kappa shape index (κ1) is 84.5. The Morgan fingerprint density at radius 3 is 1.11 bits per heavy atom. The van der Waals surface area contributed by atoms with Crippen LogP contribution >= 0.6 is 0 Å². The summed E-state index contributed by atoms with van der Waals surface area (Å²) in [5, 5.41) is 121. The van der Waals surface area contributed by atoms with Crippen LogP contribution in [0.15, 0.2) is 24.3 Å². The van der Waals surface area contributed by atoms with Crippen LogP contribution in [0.2, 0.25) is 0 Å². The van der Waals surface area contributed by atoms with Crippen LogP contribution in [0.4, 0.5) is 0 Å². The molecule has 17 atom stereocenters. The molecule has 19 nitrogen and oxygen atoms in total. The fourth-order valence-electron chi connectivity index (χ4n) is 12.9. The van der Waals surface area contributed by atoms with Crippen LogP contribution in [-0.4, -0.2) is 193 Å². The zero-order valence-electron chi connectivity index (χ0n) is 57.5. The molecule has 0 spiro atoms. The number of hydrogen-bond acceptors (Lipinski definition) is 18. The van der Waals surface area contributed by atoms with Crippen molar-refractivity contribution in [3.63, 3.8) is 0 Å². The van der Waals surface area contributed by atoms with E-state index in [1.54, 1.807) is 0 Å². The van der Waals surface area contributed by atoms with Crippen molar-refractivity contribution >= 4 is 5.91 Å². The highest BCUT2D eigenvalue weighted by Crippen LogP contribution is 2.33. The van der Waals surface area contributed by atoms with E-state index in [1.165, 1.54) is 218 Å². The van der Waals surface area contributed by atoms with Crippen LogP contribution in [-0.2, 0) is 33.2 Å². The van der Waals surface area contributed by atoms with Gasteiger partial charge in [-0.1, -0.05) is 276 Å². The maximum absolute atomic E-state index is 13.5. The quantitative estimate of drug-likeness (QED) is 0.0199. The fraction of sp³-hybridized carbons (Fsp3) is 0.932. The number of nitrogens with one attached hydrogen (secondary N) is 1. The molecule has 3 aliphatic rings. The molecule has 1 amide bonds. The fourth-order valence-corrected chi connectivity index (χ4v) is 12.9. The maximum atomic E-state index is 13.5. The van der Waals surface area contributed by atoms with E-state index in [-0.39, 0.29) is 18.9 Å². The van der Waals surface area contributed by atoms with Gasteiger partial charge in [0.25, 0.3) is 0 Å². The third-order valence-electron chi connectivity index (χ3n) is 19.0. The summed E-state index contributed by atoms with van der Waals surface area (Å²) in [6.07, 6.45) is 36.9. The predicted octanol–water partition coefficient (Wildman–Crippen LogP) is 11.0. The Kier molecular flexibility index (Phi) is 50.7. The molecule has 12 N–H and O–H groups in total. The number of unbranched alkanes of at least 4 members (excludes halogenated alkanes) is 39. The van der Waals surface area contributed by atoms with Gasteiger partial charge in [-0.05, 0) is 44.9 Å². The molecule has 92 heavy (non-hydrogen) atoms. The second-order valence-corrected chi connectivity index (χ2v) is 27.1. The third-order valence-corrected chi connectivity index (χ3v) is 19.0.